The Morgan fingerprint density at radius 3 is 1.59 bits per heavy atom. The van der Waals surface area contributed by atoms with E-state index in [4.69, 9.17) is 0 Å². The molecule has 1 atom stereocenters. The highest BCUT2D eigenvalue weighted by atomic mass is 32.2. The van der Waals surface area contributed by atoms with Crippen molar-refractivity contribution in [3.05, 3.63) is 12.3 Å². The van der Waals surface area contributed by atoms with Gasteiger partial charge in [-0.15, -0.1) is 0 Å². The molecule has 0 fully saturated rings. The third-order valence-corrected chi connectivity index (χ3v) is 4.22. The highest BCUT2D eigenvalue weighted by Crippen LogP contribution is 2.13. The summed E-state index contributed by atoms with van der Waals surface area (Å²) in [6.45, 7) is 2.27. The summed E-state index contributed by atoms with van der Waals surface area (Å²) < 4.78 is 24.5. The minimum Gasteiger partial charge on any atom is -0.740 e. The molecule has 0 aromatic carbocycles. The van der Waals surface area contributed by atoms with E-state index in [0.717, 1.165) is 12.8 Å². The van der Waals surface area contributed by atoms with E-state index >= 15 is 0 Å². The lowest BCUT2D eigenvalue weighted by Crippen LogP contribution is -1.86. The van der Waals surface area contributed by atoms with Gasteiger partial charge in [0.1, 0.15) is 11.4 Å². The van der Waals surface area contributed by atoms with Gasteiger partial charge in [-0.3, -0.25) is 0 Å². The van der Waals surface area contributed by atoms with Crippen LogP contribution in [0.3, 0.4) is 0 Å². The van der Waals surface area contributed by atoms with Crippen molar-refractivity contribution in [2.75, 3.05) is 0 Å². The average molecular weight is 332 g/mol. The third kappa shape index (κ3) is 19.7. The lowest BCUT2D eigenvalue weighted by Gasteiger charge is -2.03. The summed E-state index contributed by atoms with van der Waals surface area (Å²) >= 11 is -2.42. The molecule has 0 saturated carbocycles. The standard InChI is InChI=1S/C18H36O3S/c1-2-3-4-5-6-7-8-9-10-11-12-13-14-15-16-17-18-21-22(19)20/h17-18H,2-16H2,1H3,(H,19,20)/p-1. The molecule has 0 saturated heterocycles. The Kier molecular flexibility index (Phi) is 18.4. The number of rotatable bonds is 17. The Hall–Kier alpha value is -0.350. The number of allylic oxidation sites excluding steroid dienone is 1. The number of hydrogen-bond donors (Lipinski definition) is 0. The van der Waals surface area contributed by atoms with Crippen LogP contribution in [-0.2, 0) is 15.5 Å². The van der Waals surface area contributed by atoms with Crippen molar-refractivity contribution < 1.29 is 12.9 Å². The van der Waals surface area contributed by atoms with Crippen molar-refractivity contribution in [3.63, 3.8) is 0 Å². The van der Waals surface area contributed by atoms with Crippen molar-refractivity contribution in [1.29, 1.82) is 0 Å². The normalized spacial score (nSPS) is 12.8. The minimum atomic E-state index is -2.42. The first-order valence-electron chi connectivity index (χ1n) is 9.18. The van der Waals surface area contributed by atoms with Gasteiger partial charge in [-0.05, 0) is 18.9 Å². The van der Waals surface area contributed by atoms with Crippen molar-refractivity contribution in [2.24, 2.45) is 0 Å². The van der Waals surface area contributed by atoms with Gasteiger partial charge >= 0.3 is 0 Å². The molecule has 0 rings (SSSR count). The Balaban J connectivity index is 3.02. The molecule has 3 nitrogen and oxygen atoms in total. The maximum Gasteiger partial charge on any atom is 0.138 e. The summed E-state index contributed by atoms with van der Waals surface area (Å²) in [5.74, 6) is 0. The highest BCUT2D eigenvalue weighted by molar-refractivity contribution is 7.74. The van der Waals surface area contributed by atoms with Crippen molar-refractivity contribution in [2.45, 2.75) is 103 Å². The molecule has 0 aliphatic rings. The minimum absolute atomic E-state index is 0.898. The Morgan fingerprint density at radius 1 is 0.773 bits per heavy atom. The van der Waals surface area contributed by atoms with E-state index in [2.05, 4.69) is 11.1 Å². The van der Waals surface area contributed by atoms with E-state index in [0.29, 0.717) is 0 Å². The Labute approximate surface area is 140 Å². The van der Waals surface area contributed by atoms with Crippen molar-refractivity contribution >= 4 is 11.4 Å². The van der Waals surface area contributed by atoms with E-state index < -0.39 is 11.4 Å². The molecule has 0 heterocycles. The van der Waals surface area contributed by atoms with E-state index in [1.807, 2.05) is 0 Å². The summed E-state index contributed by atoms with van der Waals surface area (Å²) in [4.78, 5) is 0. The van der Waals surface area contributed by atoms with Crippen LogP contribution in [0.25, 0.3) is 0 Å². The second-order valence-electron chi connectivity index (χ2n) is 6.06. The third-order valence-electron chi connectivity index (χ3n) is 3.95. The molecule has 1 unspecified atom stereocenters. The molecule has 0 aliphatic heterocycles. The maximum absolute atomic E-state index is 10.1. The van der Waals surface area contributed by atoms with E-state index in [9.17, 15) is 8.76 Å². The summed E-state index contributed by atoms with van der Waals surface area (Å²) in [5.41, 5.74) is 0. The molecule has 0 bridgehead atoms. The van der Waals surface area contributed by atoms with Crippen LogP contribution < -0.4 is 0 Å². The first kappa shape index (κ1) is 21.6. The van der Waals surface area contributed by atoms with Crippen LogP contribution in [0, 0.1) is 0 Å². The molecule has 0 spiro atoms. The SMILES string of the molecule is CCCCCCCCCCCCCCCCC=COS(=O)[O-]. The molecular weight excluding hydrogens is 296 g/mol. The smallest absolute Gasteiger partial charge is 0.138 e. The molecule has 132 valence electrons. The van der Waals surface area contributed by atoms with Crippen LogP contribution in [0.1, 0.15) is 103 Å². The number of unbranched alkanes of at least 4 members (excludes halogenated alkanes) is 14. The first-order valence-corrected chi connectivity index (χ1v) is 10.2. The predicted octanol–water partition coefficient (Wildman–Crippen LogP) is 6.18. The summed E-state index contributed by atoms with van der Waals surface area (Å²) in [6, 6.07) is 0. The lowest BCUT2D eigenvalue weighted by atomic mass is 10.0. The fourth-order valence-corrected chi connectivity index (χ4v) is 2.78. The van der Waals surface area contributed by atoms with Gasteiger partial charge in [0.25, 0.3) is 0 Å². The molecule has 0 radical (unpaired) electrons. The zero-order valence-corrected chi connectivity index (χ0v) is 15.2. The zero-order chi connectivity index (χ0) is 16.3. The van der Waals surface area contributed by atoms with E-state index in [1.54, 1.807) is 6.08 Å². The zero-order valence-electron chi connectivity index (χ0n) is 14.4. The van der Waals surface area contributed by atoms with E-state index in [-0.39, 0.29) is 0 Å². The molecule has 0 aliphatic carbocycles. The van der Waals surface area contributed by atoms with Gasteiger partial charge in [-0.1, -0.05) is 90.4 Å². The van der Waals surface area contributed by atoms with Crippen molar-refractivity contribution in [1.82, 2.24) is 0 Å². The summed E-state index contributed by atoms with van der Waals surface area (Å²) in [5, 5.41) is 0. The lowest BCUT2D eigenvalue weighted by molar-refractivity contribution is 0.404. The van der Waals surface area contributed by atoms with Crippen LogP contribution in [0.2, 0.25) is 0 Å². The van der Waals surface area contributed by atoms with Gasteiger partial charge in [0.15, 0.2) is 0 Å². The molecule has 0 amide bonds. The topological polar surface area (TPSA) is 49.4 Å². The van der Waals surface area contributed by atoms with Crippen LogP contribution >= 0.6 is 0 Å². The van der Waals surface area contributed by atoms with Crippen molar-refractivity contribution in [3.8, 4) is 0 Å². The maximum atomic E-state index is 10.1. The first-order chi connectivity index (χ1) is 10.8. The monoisotopic (exact) mass is 331 g/mol. The highest BCUT2D eigenvalue weighted by Gasteiger charge is 1.93. The Morgan fingerprint density at radius 2 is 1.18 bits per heavy atom. The molecular formula is C18H35O3S-. The Bertz CT molecular complexity index is 267. The summed E-state index contributed by atoms with van der Waals surface area (Å²) in [6.07, 6.45) is 22.9. The quantitative estimate of drug-likeness (QED) is 0.181. The fourth-order valence-electron chi connectivity index (χ4n) is 2.61. The van der Waals surface area contributed by atoms with Crippen LogP contribution in [0.4, 0.5) is 0 Å². The summed E-state index contributed by atoms with van der Waals surface area (Å²) in [7, 11) is 0. The number of hydrogen-bond acceptors (Lipinski definition) is 3. The molecule has 22 heavy (non-hydrogen) atoms. The van der Waals surface area contributed by atoms with Crippen LogP contribution in [-0.4, -0.2) is 8.76 Å². The van der Waals surface area contributed by atoms with Gasteiger partial charge in [-0.25, -0.2) is 4.21 Å². The second-order valence-corrected chi connectivity index (χ2v) is 6.66. The molecule has 0 aromatic heterocycles. The predicted molar refractivity (Wildman–Crippen MR) is 94.1 cm³/mol. The van der Waals surface area contributed by atoms with Gasteiger partial charge in [-0.2, -0.15) is 0 Å². The largest absolute Gasteiger partial charge is 0.740 e. The fraction of sp³-hybridized carbons (Fsp3) is 0.889. The van der Waals surface area contributed by atoms with E-state index in [1.165, 1.54) is 89.7 Å². The van der Waals surface area contributed by atoms with Crippen LogP contribution in [0.15, 0.2) is 12.3 Å². The molecule has 0 N–H and O–H groups in total. The van der Waals surface area contributed by atoms with Gasteiger partial charge < -0.3 is 8.74 Å². The van der Waals surface area contributed by atoms with Gasteiger partial charge in [0.05, 0.1) is 6.26 Å². The van der Waals surface area contributed by atoms with Gasteiger partial charge in [0, 0.05) is 0 Å². The molecule has 4 heteroatoms. The van der Waals surface area contributed by atoms with Crippen LogP contribution in [0.5, 0.6) is 0 Å². The van der Waals surface area contributed by atoms with Gasteiger partial charge in [0.2, 0.25) is 0 Å². The second kappa shape index (κ2) is 18.7. The molecule has 0 aromatic rings. The average Bonchev–Trinajstić information content (AvgIpc) is 2.50.